The van der Waals surface area contributed by atoms with Gasteiger partial charge in [-0.15, -0.1) is 0 Å². The van der Waals surface area contributed by atoms with Crippen molar-refractivity contribution < 1.29 is 13.9 Å². The topological polar surface area (TPSA) is 56.6 Å². The van der Waals surface area contributed by atoms with E-state index in [1.54, 1.807) is 36.4 Å². The number of nitrogens with zero attached hydrogens (tertiary/aromatic N) is 3. The molecule has 0 bridgehead atoms. The SMILES string of the molecule is N#Cc1ccc(CN2CCN(C(=O)c3ccc(Oc4ccc(F)cc4)cc3)CC2)cc1. The maximum absolute atomic E-state index is 13.0. The Hall–Kier alpha value is -3.69. The van der Waals surface area contributed by atoms with Crippen LogP contribution in [0.4, 0.5) is 4.39 Å². The summed E-state index contributed by atoms with van der Waals surface area (Å²) in [5.74, 6) is 0.825. The Labute approximate surface area is 180 Å². The standard InChI is InChI=1S/C25H22FN3O2/c26-22-7-11-24(12-8-22)31-23-9-5-21(6-10-23)25(30)29-15-13-28(14-16-29)18-20-3-1-19(17-27)2-4-20/h1-12H,13-16,18H2. The van der Waals surface area contributed by atoms with E-state index in [2.05, 4.69) is 11.0 Å². The molecule has 0 N–H and O–H groups in total. The number of rotatable bonds is 5. The Morgan fingerprint density at radius 2 is 1.45 bits per heavy atom. The predicted octanol–water partition coefficient (Wildman–Crippen LogP) is 4.45. The van der Waals surface area contributed by atoms with Gasteiger partial charge in [0.2, 0.25) is 0 Å². The van der Waals surface area contributed by atoms with Crippen molar-refractivity contribution >= 4 is 5.91 Å². The lowest BCUT2D eigenvalue weighted by Gasteiger charge is -2.34. The molecule has 0 radical (unpaired) electrons. The maximum Gasteiger partial charge on any atom is 0.253 e. The van der Waals surface area contributed by atoms with Crippen LogP contribution in [-0.4, -0.2) is 41.9 Å². The minimum Gasteiger partial charge on any atom is -0.457 e. The van der Waals surface area contributed by atoms with Crippen molar-refractivity contribution in [1.82, 2.24) is 9.80 Å². The van der Waals surface area contributed by atoms with E-state index in [1.807, 2.05) is 29.2 Å². The average molecular weight is 415 g/mol. The Balaban J connectivity index is 1.29. The predicted molar refractivity (Wildman–Crippen MR) is 115 cm³/mol. The quantitative estimate of drug-likeness (QED) is 0.618. The van der Waals surface area contributed by atoms with Crippen LogP contribution in [0.15, 0.2) is 72.8 Å². The molecule has 4 rings (SSSR count). The van der Waals surface area contributed by atoms with Crippen LogP contribution in [0.5, 0.6) is 11.5 Å². The van der Waals surface area contributed by atoms with E-state index in [0.717, 1.165) is 25.2 Å². The summed E-state index contributed by atoms with van der Waals surface area (Å²) < 4.78 is 18.7. The molecule has 0 aliphatic carbocycles. The second-order valence-electron chi connectivity index (χ2n) is 7.46. The van der Waals surface area contributed by atoms with Gasteiger partial charge < -0.3 is 9.64 Å². The smallest absolute Gasteiger partial charge is 0.253 e. The zero-order chi connectivity index (χ0) is 21.6. The molecular weight excluding hydrogens is 393 g/mol. The molecule has 0 atom stereocenters. The molecule has 31 heavy (non-hydrogen) atoms. The van der Waals surface area contributed by atoms with Crippen molar-refractivity contribution in [2.24, 2.45) is 0 Å². The van der Waals surface area contributed by atoms with Gasteiger partial charge in [0.1, 0.15) is 17.3 Å². The Bertz CT molecular complexity index is 1070. The van der Waals surface area contributed by atoms with Gasteiger partial charge in [0, 0.05) is 38.3 Å². The van der Waals surface area contributed by atoms with Gasteiger partial charge in [-0.2, -0.15) is 5.26 Å². The van der Waals surface area contributed by atoms with Crippen molar-refractivity contribution in [2.45, 2.75) is 6.54 Å². The number of ether oxygens (including phenoxy) is 1. The zero-order valence-electron chi connectivity index (χ0n) is 17.0. The number of piperazine rings is 1. The minimum absolute atomic E-state index is 0.00588. The fraction of sp³-hybridized carbons (Fsp3) is 0.200. The van der Waals surface area contributed by atoms with Gasteiger partial charge in [-0.25, -0.2) is 4.39 Å². The highest BCUT2D eigenvalue weighted by molar-refractivity contribution is 5.94. The van der Waals surface area contributed by atoms with E-state index in [4.69, 9.17) is 10.00 Å². The Morgan fingerprint density at radius 1 is 0.871 bits per heavy atom. The molecule has 0 saturated carbocycles. The van der Waals surface area contributed by atoms with Gasteiger partial charge in [-0.05, 0) is 66.2 Å². The molecule has 0 spiro atoms. The van der Waals surface area contributed by atoms with Crippen LogP contribution < -0.4 is 4.74 Å². The molecule has 3 aromatic rings. The fourth-order valence-corrected chi connectivity index (χ4v) is 3.54. The largest absolute Gasteiger partial charge is 0.457 e. The van der Waals surface area contributed by atoms with Gasteiger partial charge >= 0.3 is 0 Å². The lowest BCUT2D eigenvalue weighted by Crippen LogP contribution is -2.48. The summed E-state index contributed by atoms with van der Waals surface area (Å²) >= 11 is 0. The third-order valence-corrected chi connectivity index (χ3v) is 5.30. The highest BCUT2D eigenvalue weighted by Crippen LogP contribution is 2.22. The number of hydrogen-bond donors (Lipinski definition) is 0. The van der Waals surface area contributed by atoms with Crippen molar-refractivity contribution in [3.8, 4) is 17.6 Å². The van der Waals surface area contributed by atoms with Crippen LogP contribution in [0.2, 0.25) is 0 Å². The van der Waals surface area contributed by atoms with E-state index in [9.17, 15) is 9.18 Å². The monoisotopic (exact) mass is 415 g/mol. The molecule has 0 aromatic heterocycles. The van der Waals surface area contributed by atoms with Gasteiger partial charge in [-0.3, -0.25) is 9.69 Å². The number of halogens is 1. The van der Waals surface area contributed by atoms with Crippen molar-refractivity contribution in [2.75, 3.05) is 26.2 Å². The molecule has 1 aliphatic heterocycles. The average Bonchev–Trinajstić information content (AvgIpc) is 2.82. The lowest BCUT2D eigenvalue weighted by atomic mass is 10.1. The van der Waals surface area contributed by atoms with Crippen LogP contribution >= 0.6 is 0 Å². The second kappa shape index (κ2) is 9.41. The van der Waals surface area contributed by atoms with Gasteiger partial charge in [0.15, 0.2) is 0 Å². The minimum atomic E-state index is -0.315. The molecule has 156 valence electrons. The third kappa shape index (κ3) is 5.27. The van der Waals surface area contributed by atoms with E-state index in [1.165, 1.54) is 12.1 Å². The Morgan fingerprint density at radius 3 is 2.03 bits per heavy atom. The number of carbonyl (C=O) groups is 1. The summed E-state index contributed by atoms with van der Waals surface area (Å²) in [4.78, 5) is 17.0. The van der Waals surface area contributed by atoms with Crippen LogP contribution in [0.25, 0.3) is 0 Å². The van der Waals surface area contributed by atoms with E-state index >= 15 is 0 Å². The van der Waals surface area contributed by atoms with Crippen molar-refractivity contribution in [3.05, 3.63) is 95.3 Å². The van der Waals surface area contributed by atoms with Gasteiger partial charge in [0.25, 0.3) is 5.91 Å². The van der Waals surface area contributed by atoms with E-state index in [0.29, 0.717) is 35.7 Å². The molecular formula is C25H22FN3O2. The molecule has 0 unspecified atom stereocenters. The molecule has 6 heteroatoms. The number of hydrogen-bond acceptors (Lipinski definition) is 4. The Kier molecular flexibility index (Phi) is 6.25. The first-order valence-corrected chi connectivity index (χ1v) is 10.1. The first kappa shape index (κ1) is 20.6. The zero-order valence-corrected chi connectivity index (χ0v) is 17.0. The summed E-state index contributed by atoms with van der Waals surface area (Å²) in [6, 6.07) is 22.6. The number of nitriles is 1. The third-order valence-electron chi connectivity index (χ3n) is 5.30. The normalized spacial score (nSPS) is 14.1. The van der Waals surface area contributed by atoms with Crippen LogP contribution in [-0.2, 0) is 6.54 Å². The van der Waals surface area contributed by atoms with E-state index < -0.39 is 0 Å². The first-order valence-electron chi connectivity index (χ1n) is 10.1. The van der Waals surface area contributed by atoms with Gasteiger partial charge in [-0.1, -0.05) is 12.1 Å². The highest BCUT2D eigenvalue weighted by atomic mass is 19.1. The maximum atomic E-state index is 13.0. The molecule has 1 saturated heterocycles. The summed E-state index contributed by atoms with van der Waals surface area (Å²) in [5.41, 5.74) is 2.44. The van der Waals surface area contributed by atoms with Crippen molar-refractivity contribution in [1.29, 1.82) is 5.26 Å². The molecule has 1 fully saturated rings. The second-order valence-corrected chi connectivity index (χ2v) is 7.46. The number of amides is 1. The highest BCUT2D eigenvalue weighted by Gasteiger charge is 2.22. The lowest BCUT2D eigenvalue weighted by molar-refractivity contribution is 0.0628. The van der Waals surface area contributed by atoms with E-state index in [-0.39, 0.29) is 11.7 Å². The molecule has 1 aliphatic rings. The molecule has 3 aromatic carbocycles. The summed E-state index contributed by atoms with van der Waals surface area (Å²) in [6.45, 7) is 3.75. The van der Waals surface area contributed by atoms with Crippen LogP contribution in [0.1, 0.15) is 21.5 Å². The molecule has 5 nitrogen and oxygen atoms in total. The number of benzene rings is 3. The number of carbonyl (C=O) groups excluding carboxylic acids is 1. The van der Waals surface area contributed by atoms with Gasteiger partial charge in [0.05, 0.1) is 11.6 Å². The molecule has 1 amide bonds. The fourth-order valence-electron chi connectivity index (χ4n) is 3.54. The summed E-state index contributed by atoms with van der Waals surface area (Å²) in [5, 5.41) is 8.90. The summed E-state index contributed by atoms with van der Waals surface area (Å²) in [6.07, 6.45) is 0. The summed E-state index contributed by atoms with van der Waals surface area (Å²) in [7, 11) is 0. The van der Waals surface area contributed by atoms with Crippen LogP contribution in [0.3, 0.4) is 0 Å². The first-order chi connectivity index (χ1) is 15.1. The van der Waals surface area contributed by atoms with Crippen LogP contribution in [0, 0.1) is 17.1 Å². The molecule has 1 heterocycles. The van der Waals surface area contributed by atoms with Crippen molar-refractivity contribution in [3.63, 3.8) is 0 Å².